The Hall–Kier alpha value is -3.06. The number of ether oxygens (including phenoxy) is 1. The van der Waals surface area contributed by atoms with Gasteiger partial charge in [-0.05, 0) is 36.2 Å². The lowest BCUT2D eigenvalue weighted by molar-refractivity contribution is -0.119. The van der Waals surface area contributed by atoms with Crippen LogP contribution in [0.25, 0.3) is 22.0 Å². The van der Waals surface area contributed by atoms with Crippen LogP contribution in [0.2, 0.25) is 0 Å². The molecule has 0 unspecified atom stereocenters. The molecule has 0 fully saturated rings. The second kappa shape index (κ2) is 8.09. The van der Waals surface area contributed by atoms with Gasteiger partial charge in [0.15, 0.2) is 0 Å². The smallest absolute Gasteiger partial charge is 0.318 e. The third-order valence-corrected chi connectivity index (χ3v) is 5.01. The lowest BCUT2D eigenvalue weighted by Gasteiger charge is -2.13. The number of aromatic nitrogens is 1. The molecule has 3 rings (SSSR count). The quantitative estimate of drug-likeness (QED) is 0.659. The van der Waals surface area contributed by atoms with Gasteiger partial charge in [0, 0.05) is 11.5 Å². The Morgan fingerprint density at radius 1 is 1.15 bits per heavy atom. The number of benzene rings is 2. The van der Waals surface area contributed by atoms with Gasteiger partial charge in [-0.25, -0.2) is 9.78 Å². The number of amides is 3. The number of nitrogens with one attached hydrogen (secondary N) is 1. The van der Waals surface area contributed by atoms with Gasteiger partial charge in [0.05, 0.1) is 22.9 Å². The Morgan fingerprint density at radius 2 is 1.89 bits per heavy atom. The highest BCUT2D eigenvalue weighted by atomic mass is 32.2. The third kappa shape index (κ3) is 4.38. The van der Waals surface area contributed by atoms with Crippen molar-refractivity contribution < 1.29 is 14.3 Å². The molecule has 3 amide bonds. The number of nitrogens with zero attached hydrogens (tertiary/aromatic N) is 1. The summed E-state index contributed by atoms with van der Waals surface area (Å²) in [6.45, 7) is 1.70. The molecule has 0 aliphatic heterocycles. The van der Waals surface area contributed by atoms with Crippen LogP contribution in [0.3, 0.4) is 0 Å². The highest BCUT2D eigenvalue weighted by molar-refractivity contribution is 8.00. The Morgan fingerprint density at radius 3 is 2.56 bits per heavy atom. The number of carbonyl (C=O) groups excluding carboxylic acids is 2. The lowest BCUT2D eigenvalue weighted by Crippen LogP contribution is -2.39. The summed E-state index contributed by atoms with van der Waals surface area (Å²) in [6, 6.07) is 16.8. The van der Waals surface area contributed by atoms with Crippen molar-refractivity contribution in [1.82, 2.24) is 10.3 Å². The average molecular weight is 381 g/mol. The number of carbonyl (C=O) groups is 2. The van der Waals surface area contributed by atoms with E-state index in [1.165, 1.54) is 11.8 Å². The van der Waals surface area contributed by atoms with Crippen molar-refractivity contribution in [2.45, 2.75) is 17.2 Å². The molecular formula is C20H19N3O3S. The summed E-state index contributed by atoms with van der Waals surface area (Å²) in [5.74, 6) is 0.247. The molecule has 1 aromatic heterocycles. The topological polar surface area (TPSA) is 94.3 Å². The van der Waals surface area contributed by atoms with Crippen molar-refractivity contribution in [3.8, 4) is 16.9 Å². The number of hydrogen-bond acceptors (Lipinski definition) is 5. The standard InChI is InChI=1S/C20H19N3O3S/c1-12(19(24)23-20(21)25)27-18-11-16(13-6-4-3-5-7-13)15-9-8-14(26-2)10-17(15)22-18/h3-12H,1-2H3,(H3,21,23,24,25)/t12-/m0/s1. The highest BCUT2D eigenvalue weighted by Crippen LogP contribution is 2.34. The van der Waals surface area contributed by atoms with Crippen molar-refractivity contribution in [1.29, 1.82) is 0 Å². The largest absolute Gasteiger partial charge is 0.497 e. The van der Waals surface area contributed by atoms with E-state index in [2.05, 4.69) is 10.3 Å². The highest BCUT2D eigenvalue weighted by Gasteiger charge is 2.18. The molecule has 7 heteroatoms. The van der Waals surface area contributed by atoms with Crippen LogP contribution in [0.5, 0.6) is 5.75 Å². The molecule has 138 valence electrons. The molecule has 0 saturated heterocycles. The summed E-state index contributed by atoms with van der Waals surface area (Å²) in [5, 5.41) is 3.22. The van der Waals surface area contributed by atoms with Gasteiger partial charge in [-0.15, -0.1) is 0 Å². The molecule has 0 radical (unpaired) electrons. The number of methoxy groups -OCH3 is 1. The predicted octanol–water partition coefficient (Wildman–Crippen LogP) is 3.59. The first-order valence-electron chi connectivity index (χ1n) is 8.29. The first kappa shape index (κ1) is 18.7. The van der Waals surface area contributed by atoms with Crippen molar-refractivity contribution in [3.05, 3.63) is 54.6 Å². The normalized spacial score (nSPS) is 11.8. The molecule has 0 aliphatic rings. The zero-order chi connectivity index (χ0) is 19.4. The summed E-state index contributed by atoms with van der Waals surface area (Å²) in [4.78, 5) is 27.6. The van der Waals surface area contributed by atoms with E-state index in [1.807, 2.05) is 54.6 Å². The molecule has 1 atom stereocenters. The van der Waals surface area contributed by atoms with Gasteiger partial charge in [0.1, 0.15) is 5.75 Å². The van der Waals surface area contributed by atoms with Crippen molar-refractivity contribution in [3.63, 3.8) is 0 Å². The molecule has 27 heavy (non-hydrogen) atoms. The van der Waals surface area contributed by atoms with Crippen LogP contribution in [-0.2, 0) is 4.79 Å². The maximum atomic E-state index is 12.0. The molecule has 1 heterocycles. The van der Waals surface area contributed by atoms with E-state index >= 15 is 0 Å². The van der Waals surface area contributed by atoms with E-state index in [4.69, 9.17) is 10.5 Å². The number of rotatable bonds is 5. The molecular weight excluding hydrogens is 362 g/mol. The third-order valence-electron chi connectivity index (χ3n) is 3.99. The zero-order valence-electron chi connectivity index (χ0n) is 14.9. The van der Waals surface area contributed by atoms with Crippen LogP contribution < -0.4 is 15.8 Å². The summed E-state index contributed by atoms with van der Waals surface area (Å²) >= 11 is 1.26. The van der Waals surface area contributed by atoms with Crippen LogP contribution in [0.4, 0.5) is 4.79 Å². The molecule has 0 spiro atoms. The molecule has 0 bridgehead atoms. The average Bonchev–Trinajstić information content (AvgIpc) is 2.67. The molecule has 0 saturated carbocycles. The maximum Gasteiger partial charge on any atom is 0.318 e. The Balaban J connectivity index is 2.05. The number of thioether (sulfide) groups is 1. The predicted molar refractivity (Wildman–Crippen MR) is 107 cm³/mol. The number of urea groups is 1. The van der Waals surface area contributed by atoms with Gasteiger partial charge in [-0.2, -0.15) is 0 Å². The van der Waals surface area contributed by atoms with Gasteiger partial charge in [0.2, 0.25) is 5.91 Å². The van der Waals surface area contributed by atoms with Crippen LogP contribution in [0.1, 0.15) is 6.92 Å². The van der Waals surface area contributed by atoms with E-state index in [0.29, 0.717) is 10.8 Å². The van der Waals surface area contributed by atoms with E-state index in [-0.39, 0.29) is 0 Å². The van der Waals surface area contributed by atoms with Crippen LogP contribution in [-0.4, -0.2) is 29.3 Å². The second-order valence-corrected chi connectivity index (χ2v) is 7.23. The fourth-order valence-electron chi connectivity index (χ4n) is 2.69. The minimum Gasteiger partial charge on any atom is -0.497 e. The van der Waals surface area contributed by atoms with Crippen LogP contribution in [0.15, 0.2) is 59.6 Å². The van der Waals surface area contributed by atoms with Gasteiger partial charge < -0.3 is 10.5 Å². The molecule has 6 nitrogen and oxygen atoms in total. The number of nitrogens with two attached hydrogens (primary N) is 1. The minimum atomic E-state index is -0.867. The number of primary amides is 1. The number of pyridine rings is 1. The van der Waals surface area contributed by atoms with Crippen molar-refractivity contribution >= 4 is 34.6 Å². The van der Waals surface area contributed by atoms with Crippen molar-refractivity contribution in [2.75, 3.05) is 7.11 Å². The molecule has 3 N–H and O–H groups in total. The van der Waals surface area contributed by atoms with Gasteiger partial charge >= 0.3 is 6.03 Å². The van der Waals surface area contributed by atoms with E-state index < -0.39 is 17.2 Å². The van der Waals surface area contributed by atoms with Gasteiger partial charge in [-0.3, -0.25) is 10.1 Å². The van der Waals surface area contributed by atoms with Gasteiger partial charge in [-0.1, -0.05) is 42.1 Å². The molecule has 3 aromatic rings. The summed E-state index contributed by atoms with van der Waals surface area (Å²) in [7, 11) is 1.61. The summed E-state index contributed by atoms with van der Waals surface area (Å²) < 4.78 is 5.31. The first-order chi connectivity index (χ1) is 13.0. The fourth-order valence-corrected chi connectivity index (χ4v) is 3.55. The Bertz CT molecular complexity index is 992. The summed E-state index contributed by atoms with van der Waals surface area (Å²) in [5.41, 5.74) is 7.84. The minimum absolute atomic E-state index is 0.457. The van der Waals surface area contributed by atoms with E-state index in [9.17, 15) is 9.59 Å². The monoisotopic (exact) mass is 381 g/mol. The van der Waals surface area contributed by atoms with Crippen LogP contribution >= 0.6 is 11.8 Å². The molecule has 0 aliphatic carbocycles. The van der Waals surface area contributed by atoms with Gasteiger partial charge in [0.25, 0.3) is 0 Å². The number of hydrogen-bond donors (Lipinski definition) is 2. The first-order valence-corrected chi connectivity index (χ1v) is 9.17. The number of imide groups is 1. The Labute approximate surface area is 161 Å². The molecule has 2 aromatic carbocycles. The fraction of sp³-hybridized carbons (Fsp3) is 0.150. The summed E-state index contributed by atoms with van der Waals surface area (Å²) in [6.07, 6.45) is 0. The van der Waals surface area contributed by atoms with E-state index in [1.54, 1.807) is 14.0 Å². The zero-order valence-corrected chi connectivity index (χ0v) is 15.7. The lowest BCUT2D eigenvalue weighted by atomic mass is 10.0. The Kier molecular flexibility index (Phi) is 5.61. The van der Waals surface area contributed by atoms with Crippen molar-refractivity contribution in [2.24, 2.45) is 5.73 Å². The maximum absolute atomic E-state index is 12.0. The van der Waals surface area contributed by atoms with Crippen LogP contribution in [0, 0.1) is 0 Å². The number of fused-ring (bicyclic) bond motifs is 1. The SMILES string of the molecule is COc1ccc2c(-c3ccccc3)cc(S[C@@H](C)C(=O)NC(N)=O)nc2c1. The van der Waals surface area contributed by atoms with E-state index in [0.717, 1.165) is 22.0 Å². The second-order valence-electron chi connectivity index (χ2n) is 5.87.